The highest BCUT2D eigenvalue weighted by molar-refractivity contribution is 7.92. The molecule has 0 saturated carbocycles. The van der Waals surface area contributed by atoms with Crippen molar-refractivity contribution in [3.63, 3.8) is 0 Å². The summed E-state index contributed by atoms with van der Waals surface area (Å²) in [6.45, 7) is 0.463. The van der Waals surface area contributed by atoms with Crippen LogP contribution in [0.1, 0.15) is 27.2 Å². The minimum atomic E-state index is -3.35. The second-order valence-corrected chi connectivity index (χ2v) is 9.15. The Bertz CT molecular complexity index is 939. The van der Waals surface area contributed by atoms with Crippen molar-refractivity contribution in [3.8, 4) is 0 Å². The molecule has 1 N–H and O–H groups in total. The van der Waals surface area contributed by atoms with Gasteiger partial charge in [0.2, 0.25) is 10.0 Å². The molecule has 27 heavy (non-hydrogen) atoms. The number of esters is 1. The van der Waals surface area contributed by atoms with Crippen LogP contribution in [0.15, 0.2) is 35.7 Å². The molecule has 0 aliphatic carbocycles. The van der Waals surface area contributed by atoms with E-state index in [1.165, 1.54) is 28.0 Å². The summed E-state index contributed by atoms with van der Waals surface area (Å²) in [5.41, 5.74) is 1.67. The van der Waals surface area contributed by atoms with E-state index in [0.29, 0.717) is 37.2 Å². The predicted molar refractivity (Wildman–Crippen MR) is 103 cm³/mol. The van der Waals surface area contributed by atoms with Gasteiger partial charge in [0.15, 0.2) is 6.61 Å². The van der Waals surface area contributed by atoms with E-state index in [9.17, 15) is 18.0 Å². The Morgan fingerprint density at radius 1 is 1.30 bits per heavy atom. The number of amides is 1. The Kier molecular flexibility index (Phi) is 5.81. The van der Waals surface area contributed by atoms with Gasteiger partial charge in [-0.15, -0.1) is 11.3 Å². The van der Waals surface area contributed by atoms with Gasteiger partial charge < -0.3 is 10.1 Å². The minimum Gasteiger partial charge on any atom is -0.452 e. The molecular weight excluding hydrogens is 388 g/mol. The number of sulfonamides is 1. The summed E-state index contributed by atoms with van der Waals surface area (Å²) in [7, 11) is -3.35. The molecule has 0 fully saturated rings. The lowest BCUT2D eigenvalue weighted by atomic mass is 10.0. The molecule has 0 atom stereocenters. The fourth-order valence-electron chi connectivity index (χ4n) is 2.90. The second kappa shape index (κ2) is 8.10. The van der Waals surface area contributed by atoms with Gasteiger partial charge >= 0.3 is 5.97 Å². The first-order valence-electron chi connectivity index (χ1n) is 8.41. The number of benzene rings is 1. The lowest BCUT2D eigenvalue weighted by Gasteiger charge is -2.29. The molecule has 3 rings (SSSR count). The number of hydrogen-bond acceptors (Lipinski definition) is 6. The van der Waals surface area contributed by atoms with Crippen molar-refractivity contribution in [1.82, 2.24) is 5.32 Å². The summed E-state index contributed by atoms with van der Waals surface area (Å²) in [6, 6.07) is 8.58. The maximum atomic E-state index is 12.2. The van der Waals surface area contributed by atoms with E-state index in [-0.39, 0.29) is 12.5 Å². The number of nitrogens with zero attached hydrogens (tertiary/aromatic N) is 1. The second-order valence-electron chi connectivity index (χ2n) is 6.21. The molecule has 9 heteroatoms. The number of aryl methyl sites for hydroxylation is 1. The molecule has 1 aromatic carbocycles. The van der Waals surface area contributed by atoms with E-state index >= 15 is 0 Å². The quantitative estimate of drug-likeness (QED) is 0.738. The maximum Gasteiger partial charge on any atom is 0.338 e. The fourth-order valence-corrected chi connectivity index (χ4v) is 4.54. The van der Waals surface area contributed by atoms with Gasteiger partial charge in [-0.3, -0.25) is 9.10 Å². The average Bonchev–Trinajstić information content (AvgIpc) is 3.16. The van der Waals surface area contributed by atoms with Gasteiger partial charge in [-0.2, -0.15) is 0 Å². The predicted octanol–water partition coefficient (Wildman–Crippen LogP) is 1.93. The molecule has 1 aliphatic heterocycles. The number of fused-ring (bicyclic) bond motifs is 1. The van der Waals surface area contributed by atoms with Gasteiger partial charge in [0.1, 0.15) is 0 Å². The summed E-state index contributed by atoms with van der Waals surface area (Å²) in [5, 5.41) is 4.60. The van der Waals surface area contributed by atoms with Crippen LogP contribution in [0.2, 0.25) is 0 Å². The van der Waals surface area contributed by atoms with Gasteiger partial charge in [-0.25, -0.2) is 13.2 Å². The first-order valence-corrected chi connectivity index (χ1v) is 11.1. The summed E-state index contributed by atoms with van der Waals surface area (Å²) in [4.78, 5) is 25.0. The zero-order valence-electron chi connectivity index (χ0n) is 14.8. The Hall–Kier alpha value is -2.39. The van der Waals surface area contributed by atoms with Gasteiger partial charge in [-0.1, -0.05) is 6.07 Å². The first-order chi connectivity index (χ1) is 12.8. The standard InChI is InChI=1S/C18H20N2O5S2/c1-27(23,24)20-8-2-4-13-10-14(6-7-16(13)20)18(22)25-12-17(21)19-11-15-5-3-9-26-15/h3,5-7,9-10H,2,4,8,11-12H2,1H3,(H,19,21). The molecule has 1 amide bonds. The zero-order valence-corrected chi connectivity index (χ0v) is 16.4. The van der Waals surface area contributed by atoms with E-state index < -0.39 is 16.0 Å². The van der Waals surface area contributed by atoms with Crippen LogP contribution in [-0.4, -0.2) is 39.7 Å². The maximum absolute atomic E-state index is 12.2. The van der Waals surface area contributed by atoms with E-state index in [4.69, 9.17) is 4.74 Å². The Balaban J connectivity index is 1.60. The summed E-state index contributed by atoms with van der Waals surface area (Å²) < 4.78 is 30.2. The number of anilines is 1. The zero-order chi connectivity index (χ0) is 19.4. The summed E-state index contributed by atoms with van der Waals surface area (Å²) in [5.74, 6) is -0.987. The van der Waals surface area contributed by atoms with Crippen LogP contribution in [-0.2, 0) is 32.5 Å². The van der Waals surface area contributed by atoms with Crippen molar-refractivity contribution in [1.29, 1.82) is 0 Å². The topological polar surface area (TPSA) is 92.8 Å². The molecule has 0 unspecified atom stereocenters. The van der Waals surface area contributed by atoms with E-state index in [1.807, 2.05) is 17.5 Å². The first kappa shape index (κ1) is 19.4. The Morgan fingerprint density at radius 3 is 2.81 bits per heavy atom. The molecule has 0 spiro atoms. The molecule has 1 aromatic heterocycles. The highest BCUT2D eigenvalue weighted by Gasteiger charge is 2.25. The van der Waals surface area contributed by atoms with Crippen molar-refractivity contribution in [2.45, 2.75) is 19.4 Å². The van der Waals surface area contributed by atoms with Crippen LogP contribution in [0.3, 0.4) is 0 Å². The van der Waals surface area contributed by atoms with Crippen molar-refractivity contribution in [2.75, 3.05) is 23.7 Å². The largest absolute Gasteiger partial charge is 0.452 e. The fraction of sp³-hybridized carbons (Fsp3) is 0.333. The third kappa shape index (κ3) is 4.86. The highest BCUT2D eigenvalue weighted by Crippen LogP contribution is 2.30. The van der Waals surface area contributed by atoms with E-state index in [1.54, 1.807) is 12.1 Å². The lowest BCUT2D eigenvalue weighted by molar-refractivity contribution is -0.124. The van der Waals surface area contributed by atoms with Crippen LogP contribution < -0.4 is 9.62 Å². The van der Waals surface area contributed by atoms with Gasteiger partial charge in [0, 0.05) is 11.4 Å². The van der Waals surface area contributed by atoms with Gasteiger partial charge in [0.25, 0.3) is 5.91 Å². The van der Waals surface area contributed by atoms with Crippen LogP contribution in [0.5, 0.6) is 0 Å². The minimum absolute atomic E-state index is 0.301. The number of hydrogen-bond donors (Lipinski definition) is 1. The summed E-state index contributed by atoms with van der Waals surface area (Å²) in [6.07, 6.45) is 2.53. The number of carbonyl (C=O) groups excluding carboxylic acids is 2. The molecule has 0 saturated heterocycles. The van der Waals surface area contributed by atoms with Crippen LogP contribution in [0.25, 0.3) is 0 Å². The SMILES string of the molecule is CS(=O)(=O)N1CCCc2cc(C(=O)OCC(=O)NCc3cccs3)ccc21. The van der Waals surface area contributed by atoms with E-state index in [2.05, 4.69) is 5.32 Å². The molecule has 2 heterocycles. The lowest BCUT2D eigenvalue weighted by Crippen LogP contribution is -2.34. The molecule has 7 nitrogen and oxygen atoms in total. The van der Waals surface area contributed by atoms with E-state index in [0.717, 1.165) is 10.4 Å². The molecule has 0 radical (unpaired) electrons. The molecular formula is C18H20N2O5S2. The van der Waals surface area contributed by atoms with Crippen molar-refractivity contribution in [3.05, 3.63) is 51.7 Å². The number of ether oxygens (including phenoxy) is 1. The Labute approximate surface area is 162 Å². The Morgan fingerprint density at radius 2 is 2.11 bits per heavy atom. The highest BCUT2D eigenvalue weighted by atomic mass is 32.2. The van der Waals surface area contributed by atoms with Crippen molar-refractivity contribution in [2.24, 2.45) is 0 Å². The summed E-state index contributed by atoms with van der Waals surface area (Å²) >= 11 is 1.53. The van der Waals surface area contributed by atoms with Crippen LogP contribution in [0.4, 0.5) is 5.69 Å². The smallest absolute Gasteiger partial charge is 0.338 e. The number of nitrogens with one attached hydrogen (secondary N) is 1. The van der Waals surface area contributed by atoms with Crippen molar-refractivity contribution < 1.29 is 22.7 Å². The molecule has 2 aromatic rings. The molecule has 1 aliphatic rings. The molecule has 144 valence electrons. The molecule has 0 bridgehead atoms. The number of carbonyl (C=O) groups is 2. The number of rotatable bonds is 6. The van der Waals surface area contributed by atoms with Gasteiger partial charge in [0.05, 0.1) is 24.1 Å². The van der Waals surface area contributed by atoms with Crippen molar-refractivity contribution >= 4 is 38.9 Å². The normalized spacial score (nSPS) is 13.7. The third-order valence-electron chi connectivity index (χ3n) is 4.17. The monoisotopic (exact) mass is 408 g/mol. The third-order valence-corrected chi connectivity index (χ3v) is 6.22. The van der Waals surface area contributed by atoms with Crippen LogP contribution in [0, 0.1) is 0 Å². The number of thiophene rings is 1. The van der Waals surface area contributed by atoms with Crippen LogP contribution >= 0.6 is 11.3 Å². The average molecular weight is 409 g/mol. The van der Waals surface area contributed by atoms with Gasteiger partial charge in [-0.05, 0) is 48.1 Å².